The van der Waals surface area contributed by atoms with Gasteiger partial charge in [-0.25, -0.2) is 13.5 Å². The maximum atomic E-state index is 13.8. The largest absolute Gasteiger partial charge is 0.495 e. The Bertz CT molecular complexity index is 1460. The molecule has 5 rings (SSSR count). The molecule has 36 heavy (non-hydrogen) atoms. The molecule has 182 valence electrons. The zero-order valence-corrected chi connectivity index (χ0v) is 19.3. The molecule has 1 aliphatic carbocycles. The van der Waals surface area contributed by atoms with Crippen molar-refractivity contribution in [3.63, 3.8) is 0 Å². The van der Waals surface area contributed by atoms with E-state index in [1.807, 2.05) is 6.07 Å². The predicted molar refractivity (Wildman–Crippen MR) is 131 cm³/mol. The molecular formula is C27H22F2N4O3. The second-order valence-corrected chi connectivity index (χ2v) is 8.32. The zero-order valence-electron chi connectivity index (χ0n) is 19.3. The van der Waals surface area contributed by atoms with Crippen molar-refractivity contribution in [1.29, 1.82) is 0 Å². The number of hydrogen-bond acceptors (Lipinski definition) is 4. The van der Waals surface area contributed by atoms with Gasteiger partial charge in [-0.2, -0.15) is 5.10 Å². The second-order valence-electron chi connectivity index (χ2n) is 8.32. The molecule has 0 aliphatic heterocycles. The first-order chi connectivity index (χ1) is 17.4. The van der Waals surface area contributed by atoms with E-state index in [1.165, 1.54) is 17.9 Å². The van der Waals surface area contributed by atoms with Crippen LogP contribution in [0.3, 0.4) is 0 Å². The first-order valence-corrected chi connectivity index (χ1v) is 11.4. The van der Waals surface area contributed by atoms with E-state index in [1.54, 1.807) is 42.5 Å². The molecule has 2 N–H and O–H groups in total. The predicted octanol–water partition coefficient (Wildman–Crippen LogP) is 5.15. The van der Waals surface area contributed by atoms with Gasteiger partial charge in [-0.05, 0) is 67.8 Å². The van der Waals surface area contributed by atoms with E-state index in [4.69, 9.17) is 4.74 Å². The van der Waals surface area contributed by atoms with Gasteiger partial charge in [0.05, 0.1) is 18.5 Å². The number of carbonyl (C=O) groups excluding carboxylic acids is 2. The Hall–Kier alpha value is -4.53. The molecule has 1 heterocycles. The average Bonchev–Trinajstić information content (AvgIpc) is 3.50. The highest BCUT2D eigenvalue weighted by atomic mass is 19.2. The third-order valence-electron chi connectivity index (χ3n) is 6.05. The molecule has 0 unspecified atom stereocenters. The van der Waals surface area contributed by atoms with Gasteiger partial charge in [0.25, 0.3) is 11.8 Å². The van der Waals surface area contributed by atoms with Gasteiger partial charge in [-0.3, -0.25) is 9.59 Å². The van der Waals surface area contributed by atoms with E-state index in [2.05, 4.69) is 15.7 Å². The van der Waals surface area contributed by atoms with Crippen LogP contribution in [0.2, 0.25) is 0 Å². The fourth-order valence-electron chi connectivity index (χ4n) is 4.29. The van der Waals surface area contributed by atoms with E-state index in [0.29, 0.717) is 41.2 Å². The van der Waals surface area contributed by atoms with Crippen LogP contribution in [0.15, 0.2) is 66.7 Å². The summed E-state index contributed by atoms with van der Waals surface area (Å²) >= 11 is 0. The lowest BCUT2D eigenvalue weighted by atomic mass is 10.1. The van der Waals surface area contributed by atoms with Crippen molar-refractivity contribution in [3.8, 4) is 11.4 Å². The number of halogens is 2. The molecule has 9 heteroatoms. The lowest BCUT2D eigenvalue weighted by Crippen LogP contribution is -2.16. The SMILES string of the molecule is COc1ccccc1NC(=O)c1ccc(NC(=O)c2nn(-c3ccc(F)c(F)c3)c3c2CCC3)cc1. The molecule has 0 radical (unpaired) electrons. The number of fused-ring (bicyclic) bond motifs is 1. The van der Waals surface area contributed by atoms with Crippen LogP contribution in [0.4, 0.5) is 20.2 Å². The summed E-state index contributed by atoms with van der Waals surface area (Å²) in [5.74, 6) is -2.11. The number of anilines is 2. The molecule has 7 nitrogen and oxygen atoms in total. The monoisotopic (exact) mass is 488 g/mol. The van der Waals surface area contributed by atoms with Gasteiger partial charge < -0.3 is 15.4 Å². The van der Waals surface area contributed by atoms with Crippen molar-refractivity contribution in [3.05, 3.63) is 101 Å². The molecule has 1 aromatic heterocycles. The third-order valence-corrected chi connectivity index (χ3v) is 6.05. The first-order valence-electron chi connectivity index (χ1n) is 11.4. The number of amides is 2. The van der Waals surface area contributed by atoms with Gasteiger partial charge >= 0.3 is 0 Å². The summed E-state index contributed by atoms with van der Waals surface area (Å²) in [5.41, 5.74) is 3.65. The van der Waals surface area contributed by atoms with Gasteiger partial charge in [0, 0.05) is 28.6 Å². The molecule has 0 atom stereocenters. The van der Waals surface area contributed by atoms with Gasteiger partial charge in [-0.1, -0.05) is 12.1 Å². The fraction of sp³-hybridized carbons (Fsp3) is 0.148. The number of carbonyl (C=O) groups is 2. The zero-order chi connectivity index (χ0) is 25.2. The lowest BCUT2D eigenvalue weighted by Gasteiger charge is -2.10. The number of benzene rings is 3. The number of aromatic nitrogens is 2. The topological polar surface area (TPSA) is 85.2 Å². The Kier molecular flexibility index (Phi) is 6.20. The van der Waals surface area contributed by atoms with Crippen molar-refractivity contribution in [2.24, 2.45) is 0 Å². The quantitative estimate of drug-likeness (QED) is 0.393. The summed E-state index contributed by atoms with van der Waals surface area (Å²) in [5, 5.41) is 10.0. The lowest BCUT2D eigenvalue weighted by molar-refractivity contribution is 0.101. The smallest absolute Gasteiger partial charge is 0.276 e. The van der Waals surface area contributed by atoms with Crippen LogP contribution < -0.4 is 15.4 Å². The Labute approximate surface area is 205 Å². The van der Waals surface area contributed by atoms with E-state index in [9.17, 15) is 18.4 Å². The normalized spacial score (nSPS) is 12.2. The molecule has 0 bridgehead atoms. The van der Waals surface area contributed by atoms with E-state index in [0.717, 1.165) is 29.8 Å². The summed E-state index contributed by atoms with van der Waals surface area (Å²) in [6.07, 6.45) is 2.20. The van der Waals surface area contributed by atoms with Gasteiger partial charge in [0.15, 0.2) is 17.3 Å². The van der Waals surface area contributed by atoms with Gasteiger partial charge in [-0.15, -0.1) is 0 Å². The Morgan fingerprint density at radius 3 is 2.44 bits per heavy atom. The van der Waals surface area contributed by atoms with Crippen molar-refractivity contribution in [1.82, 2.24) is 9.78 Å². The highest BCUT2D eigenvalue weighted by molar-refractivity contribution is 6.06. The molecule has 0 saturated heterocycles. The highest BCUT2D eigenvalue weighted by Gasteiger charge is 2.27. The molecule has 0 saturated carbocycles. The summed E-state index contributed by atoms with van der Waals surface area (Å²) in [6, 6.07) is 17.1. The minimum absolute atomic E-state index is 0.241. The number of para-hydroxylation sites is 2. The summed E-state index contributed by atoms with van der Waals surface area (Å²) < 4.78 is 33.9. The standard InChI is InChI=1S/C27H22F2N4O3/c1-36-24-8-3-2-6-22(24)31-26(34)16-9-11-17(12-10-16)30-27(35)25-19-5-4-7-23(19)33(32-25)18-13-14-20(28)21(29)15-18/h2-3,6,8-15H,4-5,7H2,1H3,(H,30,35)(H,31,34). The summed E-state index contributed by atoms with van der Waals surface area (Å²) in [6.45, 7) is 0. The Balaban J connectivity index is 1.33. The van der Waals surface area contributed by atoms with Crippen LogP contribution >= 0.6 is 0 Å². The van der Waals surface area contributed by atoms with Crippen LogP contribution in [-0.4, -0.2) is 28.7 Å². The van der Waals surface area contributed by atoms with E-state index in [-0.39, 0.29) is 11.6 Å². The van der Waals surface area contributed by atoms with Crippen molar-refractivity contribution in [2.75, 3.05) is 17.7 Å². The van der Waals surface area contributed by atoms with Crippen LogP contribution in [0.5, 0.6) is 5.75 Å². The maximum absolute atomic E-state index is 13.8. The van der Waals surface area contributed by atoms with Gasteiger partial charge in [0.1, 0.15) is 5.75 Å². The summed E-state index contributed by atoms with van der Waals surface area (Å²) in [4.78, 5) is 25.7. The summed E-state index contributed by atoms with van der Waals surface area (Å²) in [7, 11) is 1.53. The average molecular weight is 488 g/mol. The molecule has 4 aromatic rings. The fourth-order valence-corrected chi connectivity index (χ4v) is 4.29. The van der Waals surface area contributed by atoms with Crippen molar-refractivity contribution in [2.45, 2.75) is 19.3 Å². The van der Waals surface area contributed by atoms with Crippen LogP contribution in [-0.2, 0) is 12.8 Å². The number of rotatable bonds is 6. The molecule has 2 amide bonds. The minimum Gasteiger partial charge on any atom is -0.495 e. The number of nitrogens with one attached hydrogen (secondary N) is 2. The second kappa shape index (κ2) is 9.61. The number of methoxy groups -OCH3 is 1. The number of ether oxygens (including phenoxy) is 1. The van der Waals surface area contributed by atoms with Gasteiger partial charge in [0.2, 0.25) is 0 Å². The van der Waals surface area contributed by atoms with Crippen LogP contribution in [0.25, 0.3) is 5.69 Å². The van der Waals surface area contributed by atoms with E-state index >= 15 is 0 Å². The van der Waals surface area contributed by atoms with Crippen molar-refractivity contribution >= 4 is 23.2 Å². The Morgan fingerprint density at radius 2 is 1.69 bits per heavy atom. The van der Waals surface area contributed by atoms with Crippen LogP contribution in [0.1, 0.15) is 38.5 Å². The molecule has 3 aromatic carbocycles. The third kappa shape index (κ3) is 4.43. The highest BCUT2D eigenvalue weighted by Crippen LogP contribution is 2.29. The first kappa shape index (κ1) is 23.2. The Morgan fingerprint density at radius 1 is 0.917 bits per heavy atom. The number of hydrogen-bond donors (Lipinski definition) is 2. The van der Waals surface area contributed by atoms with E-state index < -0.39 is 17.5 Å². The molecule has 0 spiro atoms. The van der Waals surface area contributed by atoms with Crippen molar-refractivity contribution < 1.29 is 23.1 Å². The maximum Gasteiger partial charge on any atom is 0.276 e. The number of nitrogens with zero attached hydrogens (tertiary/aromatic N) is 2. The van der Waals surface area contributed by atoms with Crippen LogP contribution in [0, 0.1) is 11.6 Å². The minimum atomic E-state index is -0.976. The molecule has 0 fully saturated rings. The molecule has 1 aliphatic rings. The molecular weight excluding hydrogens is 466 g/mol.